The third-order valence-corrected chi connectivity index (χ3v) is 3.83. The highest BCUT2D eigenvalue weighted by molar-refractivity contribution is 5.33. The maximum atomic E-state index is 5.40. The van der Waals surface area contributed by atoms with E-state index in [1.165, 1.54) is 11.1 Å². The minimum absolute atomic E-state index is 0.0939. The van der Waals surface area contributed by atoms with E-state index in [4.69, 9.17) is 4.74 Å². The quantitative estimate of drug-likeness (QED) is 0.822. The highest BCUT2D eigenvalue weighted by atomic mass is 16.5. The summed E-state index contributed by atoms with van der Waals surface area (Å²) in [5, 5.41) is 3.64. The lowest BCUT2D eigenvalue weighted by molar-refractivity contribution is 0.353. The van der Waals surface area contributed by atoms with E-state index in [2.05, 4.69) is 61.6 Å². The second-order valence-corrected chi connectivity index (χ2v) is 6.03. The first-order valence-corrected chi connectivity index (χ1v) is 7.51. The van der Waals surface area contributed by atoms with Crippen molar-refractivity contribution >= 4 is 0 Å². The summed E-state index contributed by atoms with van der Waals surface area (Å²) in [6.45, 7) is 5.34. The van der Waals surface area contributed by atoms with Crippen molar-refractivity contribution in [3.63, 3.8) is 0 Å². The number of aryl methyl sites for hydroxylation is 1. The standard InChI is InChI=1S/C19H25NO/c1-19(2,14-13-16-9-5-4-6-10-16)20-15-17-11-7-8-12-18(17)21-3/h4-12,20H,13-15H2,1-3H3. The van der Waals surface area contributed by atoms with Crippen molar-refractivity contribution in [2.24, 2.45) is 0 Å². The zero-order chi connectivity index (χ0) is 15.1. The third kappa shape index (κ3) is 4.91. The molecule has 2 aromatic carbocycles. The minimum Gasteiger partial charge on any atom is -0.496 e. The molecule has 0 amide bonds. The van der Waals surface area contributed by atoms with E-state index < -0.39 is 0 Å². The van der Waals surface area contributed by atoms with Gasteiger partial charge in [0.2, 0.25) is 0 Å². The van der Waals surface area contributed by atoms with Crippen molar-refractivity contribution in [2.45, 2.75) is 38.8 Å². The number of rotatable bonds is 7. The van der Waals surface area contributed by atoms with Gasteiger partial charge in [-0.15, -0.1) is 0 Å². The molecule has 0 atom stereocenters. The average molecular weight is 283 g/mol. The normalized spacial score (nSPS) is 11.4. The molecule has 0 radical (unpaired) electrons. The Kier molecular flexibility index (Phi) is 5.40. The van der Waals surface area contributed by atoms with E-state index in [9.17, 15) is 0 Å². The summed E-state index contributed by atoms with van der Waals surface area (Å²) in [6, 6.07) is 18.8. The van der Waals surface area contributed by atoms with Gasteiger partial charge in [-0.3, -0.25) is 0 Å². The van der Waals surface area contributed by atoms with Crippen molar-refractivity contribution in [2.75, 3.05) is 7.11 Å². The maximum absolute atomic E-state index is 5.40. The van der Waals surface area contributed by atoms with Gasteiger partial charge in [0.15, 0.2) is 0 Å². The number of hydrogen-bond acceptors (Lipinski definition) is 2. The Labute approximate surface area is 128 Å². The van der Waals surface area contributed by atoms with Crippen LogP contribution in [0.25, 0.3) is 0 Å². The van der Waals surface area contributed by atoms with Gasteiger partial charge in [0, 0.05) is 17.6 Å². The zero-order valence-electron chi connectivity index (χ0n) is 13.2. The van der Waals surface area contributed by atoms with Gasteiger partial charge in [-0.1, -0.05) is 48.5 Å². The summed E-state index contributed by atoms with van der Waals surface area (Å²) in [5.74, 6) is 0.948. The third-order valence-electron chi connectivity index (χ3n) is 3.83. The van der Waals surface area contributed by atoms with Crippen molar-refractivity contribution in [1.29, 1.82) is 0 Å². The molecule has 2 heteroatoms. The van der Waals surface area contributed by atoms with Gasteiger partial charge < -0.3 is 10.1 Å². The Morgan fingerprint density at radius 1 is 0.952 bits per heavy atom. The Hall–Kier alpha value is -1.80. The number of ether oxygens (including phenoxy) is 1. The van der Waals surface area contributed by atoms with Gasteiger partial charge in [-0.05, 0) is 38.3 Å². The summed E-state index contributed by atoms with van der Waals surface area (Å²) >= 11 is 0. The minimum atomic E-state index is 0.0939. The van der Waals surface area contributed by atoms with Gasteiger partial charge >= 0.3 is 0 Å². The Morgan fingerprint density at radius 3 is 2.33 bits per heavy atom. The van der Waals surface area contributed by atoms with Gasteiger partial charge in [0.25, 0.3) is 0 Å². The fourth-order valence-corrected chi connectivity index (χ4v) is 2.37. The summed E-state index contributed by atoms with van der Waals surface area (Å²) in [5.41, 5.74) is 2.69. The van der Waals surface area contributed by atoms with Gasteiger partial charge in [-0.25, -0.2) is 0 Å². The van der Waals surface area contributed by atoms with Crippen LogP contribution in [0.1, 0.15) is 31.4 Å². The van der Waals surface area contributed by atoms with E-state index in [-0.39, 0.29) is 5.54 Å². The zero-order valence-corrected chi connectivity index (χ0v) is 13.2. The SMILES string of the molecule is COc1ccccc1CNC(C)(C)CCc1ccccc1. The Morgan fingerprint density at radius 2 is 1.62 bits per heavy atom. The molecule has 0 saturated heterocycles. The number of methoxy groups -OCH3 is 1. The topological polar surface area (TPSA) is 21.3 Å². The molecule has 2 aromatic rings. The second-order valence-electron chi connectivity index (χ2n) is 6.03. The highest BCUT2D eigenvalue weighted by Gasteiger charge is 2.17. The lowest BCUT2D eigenvalue weighted by Crippen LogP contribution is -2.39. The molecule has 0 spiro atoms. The fraction of sp³-hybridized carbons (Fsp3) is 0.368. The van der Waals surface area contributed by atoms with Crippen LogP contribution in [0.3, 0.4) is 0 Å². The van der Waals surface area contributed by atoms with Crippen molar-refractivity contribution in [3.8, 4) is 5.75 Å². The molecule has 0 unspecified atom stereocenters. The summed E-state index contributed by atoms with van der Waals surface area (Å²) < 4.78 is 5.40. The van der Waals surface area contributed by atoms with Crippen LogP contribution in [0.5, 0.6) is 5.75 Å². The van der Waals surface area contributed by atoms with Crippen LogP contribution in [-0.4, -0.2) is 12.6 Å². The largest absolute Gasteiger partial charge is 0.496 e. The van der Waals surface area contributed by atoms with Crippen molar-refractivity contribution < 1.29 is 4.74 Å². The van der Waals surface area contributed by atoms with Crippen LogP contribution in [-0.2, 0) is 13.0 Å². The smallest absolute Gasteiger partial charge is 0.123 e. The molecule has 0 heterocycles. The number of hydrogen-bond donors (Lipinski definition) is 1. The number of benzene rings is 2. The van der Waals surface area contributed by atoms with E-state index >= 15 is 0 Å². The lowest BCUT2D eigenvalue weighted by atomic mass is 9.95. The van der Waals surface area contributed by atoms with Gasteiger partial charge in [0.1, 0.15) is 5.75 Å². The van der Waals surface area contributed by atoms with Crippen LogP contribution in [0.15, 0.2) is 54.6 Å². The van der Waals surface area contributed by atoms with Crippen LogP contribution in [0.2, 0.25) is 0 Å². The maximum Gasteiger partial charge on any atom is 0.123 e. The summed E-state index contributed by atoms with van der Waals surface area (Å²) in [4.78, 5) is 0. The van der Waals surface area contributed by atoms with Crippen LogP contribution < -0.4 is 10.1 Å². The van der Waals surface area contributed by atoms with Crippen LogP contribution >= 0.6 is 0 Å². The molecule has 0 aliphatic rings. The molecule has 0 aliphatic heterocycles. The molecular weight excluding hydrogens is 258 g/mol. The van der Waals surface area contributed by atoms with Crippen molar-refractivity contribution in [3.05, 3.63) is 65.7 Å². The molecule has 0 fully saturated rings. The fourth-order valence-electron chi connectivity index (χ4n) is 2.37. The van der Waals surface area contributed by atoms with Gasteiger partial charge in [0.05, 0.1) is 7.11 Å². The lowest BCUT2D eigenvalue weighted by Gasteiger charge is -2.27. The molecule has 21 heavy (non-hydrogen) atoms. The first-order chi connectivity index (χ1) is 10.1. The highest BCUT2D eigenvalue weighted by Crippen LogP contribution is 2.19. The molecule has 2 rings (SSSR count). The molecule has 112 valence electrons. The molecule has 0 aromatic heterocycles. The first-order valence-electron chi connectivity index (χ1n) is 7.51. The molecule has 1 N–H and O–H groups in total. The molecule has 0 aliphatic carbocycles. The number of nitrogens with one attached hydrogen (secondary N) is 1. The first kappa shape index (κ1) is 15.6. The summed E-state index contributed by atoms with van der Waals surface area (Å²) in [6.07, 6.45) is 2.19. The van der Waals surface area contributed by atoms with E-state index in [0.29, 0.717) is 0 Å². The van der Waals surface area contributed by atoms with E-state index in [1.807, 2.05) is 12.1 Å². The van der Waals surface area contributed by atoms with Crippen molar-refractivity contribution in [1.82, 2.24) is 5.32 Å². The monoisotopic (exact) mass is 283 g/mol. The van der Waals surface area contributed by atoms with Gasteiger partial charge in [-0.2, -0.15) is 0 Å². The average Bonchev–Trinajstić information content (AvgIpc) is 2.52. The molecule has 0 bridgehead atoms. The predicted octanol–water partition coefficient (Wildman–Crippen LogP) is 4.20. The Balaban J connectivity index is 1.89. The second kappa shape index (κ2) is 7.28. The summed E-state index contributed by atoms with van der Waals surface area (Å²) in [7, 11) is 1.72. The predicted molar refractivity (Wildman–Crippen MR) is 88.7 cm³/mol. The molecule has 0 saturated carbocycles. The molecule has 2 nitrogen and oxygen atoms in total. The van der Waals surface area contributed by atoms with Crippen LogP contribution in [0.4, 0.5) is 0 Å². The molecular formula is C19H25NO. The van der Waals surface area contributed by atoms with Crippen LogP contribution in [0, 0.1) is 0 Å². The van der Waals surface area contributed by atoms with E-state index in [1.54, 1.807) is 7.11 Å². The number of para-hydroxylation sites is 1. The van der Waals surface area contributed by atoms with E-state index in [0.717, 1.165) is 25.1 Å². The Bertz CT molecular complexity index is 549.